The maximum Gasteiger partial charge on any atom is 0.255 e. The van der Waals surface area contributed by atoms with Crippen molar-refractivity contribution < 1.29 is 9.59 Å². The third-order valence-electron chi connectivity index (χ3n) is 7.07. The molecule has 0 spiro atoms. The Kier molecular flexibility index (Phi) is 9.73. The van der Waals surface area contributed by atoms with Gasteiger partial charge in [0.05, 0.1) is 5.56 Å². The van der Waals surface area contributed by atoms with Crippen molar-refractivity contribution in [3.8, 4) is 0 Å². The molecule has 2 aromatic carbocycles. The minimum atomic E-state index is -0.173. The summed E-state index contributed by atoms with van der Waals surface area (Å²) in [6.45, 7) is 16.0. The highest BCUT2D eigenvalue weighted by molar-refractivity contribution is 6.06. The topological polar surface area (TPSA) is 64.7 Å². The van der Waals surface area contributed by atoms with E-state index in [2.05, 4.69) is 55.1 Å². The quantitative estimate of drug-likeness (QED) is 0.482. The van der Waals surface area contributed by atoms with Crippen LogP contribution in [0.3, 0.4) is 0 Å². The van der Waals surface area contributed by atoms with Crippen LogP contribution in [0.1, 0.15) is 79.7 Å². The monoisotopic (exact) mass is 478 g/mol. The van der Waals surface area contributed by atoms with E-state index < -0.39 is 0 Å². The Morgan fingerprint density at radius 1 is 1.00 bits per heavy atom. The number of piperidine rings is 1. The summed E-state index contributed by atoms with van der Waals surface area (Å²) in [5.41, 5.74) is 3.99. The number of anilines is 2. The molecule has 2 aromatic rings. The van der Waals surface area contributed by atoms with Gasteiger partial charge in [-0.1, -0.05) is 46.8 Å². The normalized spacial score (nSPS) is 14.4. The molecule has 0 aromatic heterocycles. The third-order valence-corrected chi connectivity index (χ3v) is 7.07. The number of likely N-dealkylation sites (N-methyl/N-ethyl adjacent to an activating group) is 1. The fourth-order valence-electron chi connectivity index (χ4n) is 4.51. The van der Waals surface area contributed by atoms with Crippen molar-refractivity contribution in [1.82, 2.24) is 10.2 Å². The molecular weight excluding hydrogens is 436 g/mol. The van der Waals surface area contributed by atoms with Crippen LogP contribution in [0.25, 0.3) is 0 Å². The Morgan fingerprint density at radius 3 is 2.26 bits per heavy atom. The molecule has 6 nitrogen and oxygen atoms in total. The van der Waals surface area contributed by atoms with Crippen LogP contribution in [0.2, 0.25) is 0 Å². The number of nitrogens with one attached hydrogen (secondary N) is 2. The van der Waals surface area contributed by atoms with Crippen molar-refractivity contribution in [3.05, 3.63) is 59.2 Å². The predicted octanol–water partition coefficient (Wildman–Crippen LogP) is 5.37. The van der Waals surface area contributed by atoms with E-state index in [4.69, 9.17) is 0 Å². The first-order valence-electron chi connectivity index (χ1n) is 13.1. The maximum absolute atomic E-state index is 13.3. The number of hydrogen-bond donors (Lipinski definition) is 2. The van der Waals surface area contributed by atoms with Crippen LogP contribution >= 0.6 is 0 Å². The third kappa shape index (κ3) is 7.31. The first-order chi connectivity index (χ1) is 16.8. The number of carbonyl (C=O) groups is 2. The summed E-state index contributed by atoms with van der Waals surface area (Å²) in [7, 11) is 0. The standard InChI is InChI=1S/C29H42N4O2/c1-6-32(7-2)19-16-30-29(35)26-20-25(12-13-27(26)33-17-14-22(5)15-18-33)31-28(34)24-10-8-23(9-11-24)21(3)4/h8-13,20-22H,6-7,14-19H2,1-5H3,(H,30,35)(H,31,34). The summed E-state index contributed by atoms with van der Waals surface area (Å²) in [5, 5.41) is 6.08. The summed E-state index contributed by atoms with van der Waals surface area (Å²) in [6.07, 6.45) is 2.24. The van der Waals surface area contributed by atoms with Crippen molar-refractivity contribution in [2.24, 2.45) is 5.92 Å². The molecule has 0 saturated carbocycles. The molecular formula is C29H42N4O2. The molecule has 1 aliphatic heterocycles. The zero-order valence-corrected chi connectivity index (χ0v) is 22.1. The van der Waals surface area contributed by atoms with Crippen molar-refractivity contribution in [2.75, 3.05) is 49.5 Å². The van der Waals surface area contributed by atoms with Crippen LogP contribution in [0.15, 0.2) is 42.5 Å². The van der Waals surface area contributed by atoms with Gasteiger partial charge >= 0.3 is 0 Å². The second-order valence-corrected chi connectivity index (χ2v) is 9.92. The Morgan fingerprint density at radius 2 is 1.66 bits per heavy atom. The van der Waals surface area contributed by atoms with Gasteiger partial charge in [0.15, 0.2) is 0 Å². The average molecular weight is 479 g/mol. The van der Waals surface area contributed by atoms with Gasteiger partial charge < -0.3 is 20.4 Å². The van der Waals surface area contributed by atoms with Gasteiger partial charge in [0.2, 0.25) is 0 Å². The summed E-state index contributed by atoms with van der Waals surface area (Å²) < 4.78 is 0. The minimum absolute atomic E-state index is 0.0943. The zero-order valence-electron chi connectivity index (χ0n) is 22.1. The molecule has 0 unspecified atom stereocenters. The van der Waals surface area contributed by atoms with E-state index in [0.717, 1.165) is 51.3 Å². The second-order valence-electron chi connectivity index (χ2n) is 9.92. The van der Waals surface area contributed by atoms with Gasteiger partial charge in [0.1, 0.15) is 0 Å². The van der Waals surface area contributed by atoms with E-state index in [0.29, 0.717) is 35.2 Å². The van der Waals surface area contributed by atoms with Gasteiger partial charge in [0.25, 0.3) is 11.8 Å². The Hall–Kier alpha value is -2.86. The van der Waals surface area contributed by atoms with Crippen LogP contribution in [0.4, 0.5) is 11.4 Å². The molecule has 0 aliphatic carbocycles. The fourth-order valence-corrected chi connectivity index (χ4v) is 4.51. The highest BCUT2D eigenvalue weighted by Crippen LogP contribution is 2.29. The van der Waals surface area contributed by atoms with Gasteiger partial charge in [-0.05, 0) is 73.7 Å². The van der Waals surface area contributed by atoms with Gasteiger partial charge in [0, 0.05) is 43.1 Å². The fraction of sp³-hybridized carbons (Fsp3) is 0.517. The first-order valence-corrected chi connectivity index (χ1v) is 13.1. The molecule has 35 heavy (non-hydrogen) atoms. The van der Waals surface area contributed by atoms with E-state index in [-0.39, 0.29) is 11.8 Å². The van der Waals surface area contributed by atoms with E-state index in [1.54, 1.807) is 0 Å². The molecule has 1 aliphatic rings. The Labute approximate surface area is 211 Å². The van der Waals surface area contributed by atoms with E-state index in [1.807, 2.05) is 42.5 Å². The molecule has 1 fully saturated rings. The number of amides is 2. The molecule has 0 atom stereocenters. The lowest BCUT2D eigenvalue weighted by atomic mass is 9.97. The molecule has 1 saturated heterocycles. The summed E-state index contributed by atoms with van der Waals surface area (Å²) in [4.78, 5) is 30.7. The molecule has 6 heteroatoms. The minimum Gasteiger partial charge on any atom is -0.371 e. The predicted molar refractivity (Wildman–Crippen MR) is 146 cm³/mol. The van der Waals surface area contributed by atoms with Gasteiger partial charge in [-0.2, -0.15) is 0 Å². The smallest absolute Gasteiger partial charge is 0.255 e. The molecule has 2 amide bonds. The van der Waals surface area contributed by atoms with Crippen LogP contribution in [0.5, 0.6) is 0 Å². The molecule has 2 N–H and O–H groups in total. The number of carbonyl (C=O) groups excluding carboxylic acids is 2. The zero-order chi connectivity index (χ0) is 25.4. The average Bonchev–Trinajstić information content (AvgIpc) is 2.87. The van der Waals surface area contributed by atoms with Crippen LogP contribution in [0, 0.1) is 5.92 Å². The lowest BCUT2D eigenvalue weighted by Gasteiger charge is -2.33. The van der Waals surface area contributed by atoms with Gasteiger partial charge in [-0.15, -0.1) is 0 Å². The SMILES string of the molecule is CCN(CC)CCNC(=O)c1cc(NC(=O)c2ccc(C(C)C)cc2)ccc1N1CCC(C)CC1. The van der Waals surface area contributed by atoms with E-state index in [9.17, 15) is 9.59 Å². The highest BCUT2D eigenvalue weighted by atomic mass is 16.2. The van der Waals surface area contributed by atoms with Crippen LogP contribution in [-0.2, 0) is 0 Å². The first kappa shape index (κ1) is 26.7. The maximum atomic E-state index is 13.3. The van der Waals surface area contributed by atoms with Crippen molar-refractivity contribution in [1.29, 1.82) is 0 Å². The largest absolute Gasteiger partial charge is 0.371 e. The summed E-state index contributed by atoms with van der Waals surface area (Å²) in [6, 6.07) is 13.4. The van der Waals surface area contributed by atoms with Crippen LogP contribution in [-0.4, -0.2) is 56.0 Å². The molecule has 3 rings (SSSR count). The van der Waals surface area contributed by atoms with Crippen molar-refractivity contribution in [3.63, 3.8) is 0 Å². The Balaban J connectivity index is 1.78. The molecule has 1 heterocycles. The molecule has 190 valence electrons. The lowest BCUT2D eigenvalue weighted by molar-refractivity contribution is 0.0948. The van der Waals surface area contributed by atoms with Crippen molar-refractivity contribution in [2.45, 2.75) is 53.4 Å². The van der Waals surface area contributed by atoms with Gasteiger partial charge in [-0.3, -0.25) is 9.59 Å². The lowest BCUT2D eigenvalue weighted by Crippen LogP contribution is -2.37. The van der Waals surface area contributed by atoms with E-state index in [1.165, 1.54) is 5.56 Å². The number of benzene rings is 2. The number of nitrogens with zero attached hydrogens (tertiary/aromatic N) is 2. The second kappa shape index (κ2) is 12.7. The summed E-state index contributed by atoms with van der Waals surface area (Å²) >= 11 is 0. The van der Waals surface area contributed by atoms with Crippen LogP contribution < -0.4 is 15.5 Å². The Bertz CT molecular complexity index is 975. The number of hydrogen-bond acceptors (Lipinski definition) is 4. The summed E-state index contributed by atoms with van der Waals surface area (Å²) in [5.74, 6) is 0.856. The molecule has 0 bridgehead atoms. The highest BCUT2D eigenvalue weighted by Gasteiger charge is 2.22. The molecule has 0 radical (unpaired) electrons. The van der Waals surface area contributed by atoms with E-state index >= 15 is 0 Å². The van der Waals surface area contributed by atoms with Gasteiger partial charge in [-0.25, -0.2) is 0 Å². The van der Waals surface area contributed by atoms with Crippen molar-refractivity contribution >= 4 is 23.2 Å². The number of rotatable bonds is 10.